The number of hydrogen-bond donors (Lipinski definition) is 3. The van der Waals surface area contributed by atoms with Crippen molar-refractivity contribution in [2.75, 3.05) is 25.5 Å². The summed E-state index contributed by atoms with van der Waals surface area (Å²) in [6.07, 6.45) is 0. The van der Waals surface area contributed by atoms with Crippen LogP contribution >= 0.6 is 0 Å². The van der Waals surface area contributed by atoms with E-state index in [1.807, 2.05) is 6.92 Å². The number of nitrogens with zero attached hydrogens (tertiary/aromatic N) is 2. The van der Waals surface area contributed by atoms with Crippen LogP contribution in [0.5, 0.6) is 0 Å². The molecule has 0 radical (unpaired) electrons. The van der Waals surface area contributed by atoms with Crippen molar-refractivity contribution >= 4 is 17.6 Å². The van der Waals surface area contributed by atoms with Crippen LogP contribution in [0.15, 0.2) is 12.1 Å². The molecular formula is C10H15N5O2. The molecule has 92 valence electrons. The molecule has 1 rings (SSSR count). The molecule has 0 saturated carbocycles. The number of likely N-dealkylation sites (N-methyl/N-ethyl adjacent to an activating group) is 1. The smallest absolute Gasteiger partial charge is 0.271 e. The molecular weight excluding hydrogens is 222 g/mol. The Bertz CT molecular complexity index is 390. The predicted molar refractivity (Wildman–Crippen MR) is 62.6 cm³/mol. The Morgan fingerprint density at radius 2 is 2.06 bits per heavy atom. The van der Waals surface area contributed by atoms with Gasteiger partial charge in [-0.05, 0) is 19.1 Å². The molecule has 1 aromatic heterocycles. The molecule has 2 amide bonds. The van der Waals surface area contributed by atoms with Crippen LogP contribution in [-0.4, -0.2) is 42.1 Å². The summed E-state index contributed by atoms with van der Waals surface area (Å²) < 4.78 is 0. The standard InChI is InChI=1S/C10H15N5O2/c1-3-12-9(16)6-13-8-5-4-7(14-15-8)10(17)11-2/h4-5H,3,6H2,1-2H3,(H,11,17)(H,12,16)(H,13,15). The third-order valence-electron chi connectivity index (χ3n) is 1.93. The van der Waals surface area contributed by atoms with Gasteiger partial charge >= 0.3 is 0 Å². The molecule has 3 N–H and O–H groups in total. The van der Waals surface area contributed by atoms with Crippen molar-refractivity contribution in [2.24, 2.45) is 0 Å². The van der Waals surface area contributed by atoms with E-state index < -0.39 is 0 Å². The van der Waals surface area contributed by atoms with E-state index in [4.69, 9.17) is 0 Å². The minimum absolute atomic E-state index is 0.121. The molecule has 0 aliphatic rings. The second-order valence-corrected chi connectivity index (χ2v) is 3.19. The summed E-state index contributed by atoms with van der Waals surface area (Å²) in [7, 11) is 1.52. The van der Waals surface area contributed by atoms with Gasteiger partial charge in [0.2, 0.25) is 5.91 Å². The average molecular weight is 237 g/mol. The quantitative estimate of drug-likeness (QED) is 0.634. The predicted octanol–water partition coefficient (Wildman–Crippen LogP) is -0.616. The van der Waals surface area contributed by atoms with E-state index >= 15 is 0 Å². The molecule has 0 fully saturated rings. The van der Waals surface area contributed by atoms with E-state index in [-0.39, 0.29) is 24.1 Å². The lowest BCUT2D eigenvalue weighted by atomic mass is 10.3. The van der Waals surface area contributed by atoms with Crippen LogP contribution in [0.4, 0.5) is 5.82 Å². The van der Waals surface area contributed by atoms with E-state index in [1.165, 1.54) is 13.1 Å². The molecule has 0 spiro atoms. The number of carbonyl (C=O) groups excluding carboxylic acids is 2. The first kappa shape index (κ1) is 12.9. The second-order valence-electron chi connectivity index (χ2n) is 3.19. The highest BCUT2D eigenvalue weighted by Crippen LogP contribution is 2.01. The zero-order valence-corrected chi connectivity index (χ0v) is 9.78. The van der Waals surface area contributed by atoms with Gasteiger partial charge in [0.15, 0.2) is 5.69 Å². The number of carbonyl (C=O) groups is 2. The van der Waals surface area contributed by atoms with Crippen LogP contribution in [-0.2, 0) is 4.79 Å². The van der Waals surface area contributed by atoms with Crippen LogP contribution in [0.1, 0.15) is 17.4 Å². The minimum Gasteiger partial charge on any atom is -0.360 e. The number of hydrogen-bond acceptors (Lipinski definition) is 5. The molecule has 0 aliphatic heterocycles. The molecule has 1 aromatic rings. The summed E-state index contributed by atoms with van der Waals surface area (Å²) in [4.78, 5) is 22.3. The lowest BCUT2D eigenvalue weighted by molar-refractivity contribution is -0.119. The molecule has 0 aliphatic carbocycles. The largest absolute Gasteiger partial charge is 0.360 e. The van der Waals surface area contributed by atoms with Crippen molar-refractivity contribution in [1.29, 1.82) is 0 Å². The van der Waals surface area contributed by atoms with Gasteiger partial charge in [0.05, 0.1) is 6.54 Å². The van der Waals surface area contributed by atoms with Crippen molar-refractivity contribution in [3.05, 3.63) is 17.8 Å². The summed E-state index contributed by atoms with van der Waals surface area (Å²) in [6.45, 7) is 2.56. The van der Waals surface area contributed by atoms with Crippen molar-refractivity contribution in [1.82, 2.24) is 20.8 Å². The fourth-order valence-corrected chi connectivity index (χ4v) is 1.11. The Morgan fingerprint density at radius 1 is 1.29 bits per heavy atom. The first-order valence-corrected chi connectivity index (χ1v) is 5.23. The van der Waals surface area contributed by atoms with Crippen LogP contribution < -0.4 is 16.0 Å². The third kappa shape index (κ3) is 4.06. The van der Waals surface area contributed by atoms with Gasteiger partial charge in [-0.1, -0.05) is 0 Å². The lowest BCUT2D eigenvalue weighted by Crippen LogP contribution is -2.29. The zero-order chi connectivity index (χ0) is 12.7. The highest BCUT2D eigenvalue weighted by atomic mass is 16.2. The van der Waals surface area contributed by atoms with Gasteiger partial charge in [-0.3, -0.25) is 9.59 Å². The maximum Gasteiger partial charge on any atom is 0.271 e. The Balaban J connectivity index is 2.51. The fraction of sp³-hybridized carbons (Fsp3) is 0.400. The fourth-order valence-electron chi connectivity index (χ4n) is 1.11. The van der Waals surface area contributed by atoms with Gasteiger partial charge in [-0.25, -0.2) is 0 Å². The van der Waals surface area contributed by atoms with Crippen LogP contribution in [0.2, 0.25) is 0 Å². The summed E-state index contributed by atoms with van der Waals surface area (Å²) in [5, 5.41) is 15.4. The second kappa shape index (κ2) is 6.41. The van der Waals surface area contributed by atoms with E-state index in [1.54, 1.807) is 6.07 Å². The van der Waals surface area contributed by atoms with Crippen LogP contribution in [0, 0.1) is 0 Å². The van der Waals surface area contributed by atoms with E-state index in [0.717, 1.165) is 0 Å². The first-order chi connectivity index (χ1) is 8.17. The first-order valence-electron chi connectivity index (χ1n) is 5.23. The van der Waals surface area contributed by atoms with Gasteiger partial charge in [-0.15, -0.1) is 10.2 Å². The maximum absolute atomic E-state index is 11.2. The highest BCUT2D eigenvalue weighted by molar-refractivity contribution is 5.91. The molecule has 7 heteroatoms. The van der Waals surface area contributed by atoms with E-state index in [9.17, 15) is 9.59 Å². The molecule has 0 atom stereocenters. The maximum atomic E-state index is 11.2. The lowest BCUT2D eigenvalue weighted by Gasteiger charge is -2.05. The molecule has 7 nitrogen and oxygen atoms in total. The molecule has 17 heavy (non-hydrogen) atoms. The topological polar surface area (TPSA) is 96.0 Å². The number of rotatable bonds is 5. The van der Waals surface area contributed by atoms with Crippen molar-refractivity contribution in [3.63, 3.8) is 0 Å². The highest BCUT2D eigenvalue weighted by Gasteiger charge is 2.05. The third-order valence-corrected chi connectivity index (χ3v) is 1.93. The SMILES string of the molecule is CCNC(=O)CNc1ccc(C(=O)NC)nn1. The van der Waals surface area contributed by atoms with Crippen molar-refractivity contribution < 1.29 is 9.59 Å². The zero-order valence-electron chi connectivity index (χ0n) is 9.78. The van der Waals surface area contributed by atoms with Gasteiger partial charge < -0.3 is 16.0 Å². The van der Waals surface area contributed by atoms with Crippen LogP contribution in [0.3, 0.4) is 0 Å². The number of anilines is 1. The Hall–Kier alpha value is -2.18. The van der Waals surface area contributed by atoms with Gasteiger partial charge in [0.1, 0.15) is 5.82 Å². The molecule has 0 bridgehead atoms. The summed E-state index contributed by atoms with van der Waals surface area (Å²) in [6, 6.07) is 3.13. The molecule has 0 aromatic carbocycles. The molecule has 1 heterocycles. The van der Waals surface area contributed by atoms with Gasteiger partial charge in [-0.2, -0.15) is 0 Å². The van der Waals surface area contributed by atoms with Crippen molar-refractivity contribution in [2.45, 2.75) is 6.92 Å². The average Bonchev–Trinajstić information content (AvgIpc) is 2.36. The summed E-state index contributed by atoms with van der Waals surface area (Å²) in [5.74, 6) is 0.0290. The van der Waals surface area contributed by atoms with E-state index in [0.29, 0.717) is 12.4 Å². The summed E-state index contributed by atoms with van der Waals surface area (Å²) >= 11 is 0. The number of aromatic nitrogens is 2. The number of amides is 2. The Kier molecular flexibility index (Phi) is 4.86. The van der Waals surface area contributed by atoms with Gasteiger partial charge in [0.25, 0.3) is 5.91 Å². The van der Waals surface area contributed by atoms with Crippen molar-refractivity contribution in [3.8, 4) is 0 Å². The van der Waals surface area contributed by atoms with Gasteiger partial charge in [0, 0.05) is 13.6 Å². The van der Waals surface area contributed by atoms with E-state index in [2.05, 4.69) is 26.1 Å². The Morgan fingerprint density at radius 3 is 2.59 bits per heavy atom. The minimum atomic E-state index is -0.298. The normalized spacial score (nSPS) is 9.53. The summed E-state index contributed by atoms with van der Waals surface area (Å²) in [5.41, 5.74) is 0.232. The van der Waals surface area contributed by atoms with Crippen LogP contribution in [0.25, 0.3) is 0 Å². The number of nitrogens with one attached hydrogen (secondary N) is 3. The molecule has 0 unspecified atom stereocenters. The monoisotopic (exact) mass is 237 g/mol. The Labute approximate surface area is 99.0 Å². The molecule has 0 saturated heterocycles.